The molecule has 1 aromatic carbocycles. The summed E-state index contributed by atoms with van der Waals surface area (Å²) >= 11 is 0. The van der Waals surface area contributed by atoms with Crippen molar-refractivity contribution < 1.29 is 9.53 Å². The minimum Gasteiger partial charge on any atom is -0.466 e. The van der Waals surface area contributed by atoms with E-state index in [9.17, 15) is 4.79 Å². The minimum atomic E-state index is -0.232. The minimum absolute atomic E-state index is 0.232. The van der Waals surface area contributed by atoms with Gasteiger partial charge in [-0.2, -0.15) is 0 Å². The quantitative estimate of drug-likeness (QED) is 0.382. The van der Waals surface area contributed by atoms with Gasteiger partial charge in [0.2, 0.25) is 0 Å². The summed E-state index contributed by atoms with van der Waals surface area (Å²) in [6, 6.07) is 8.32. The average molecular weight is 302 g/mol. The lowest BCUT2D eigenvalue weighted by molar-refractivity contribution is -0.136. The topological polar surface area (TPSA) is 26.3 Å². The third-order valence-electron chi connectivity index (χ3n) is 3.27. The highest BCUT2D eigenvalue weighted by molar-refractivity contribution is 5.92. The molecule has 0 saturated heterocycles. The number of benzene rings is 1. The van der Waals surface area contributed by atoms with Crippen LogP contribution in [0.2, 0.25) is 0 Å². The molecule has 22 heavy (non-hydrogen) atoms. The Morgan fingerprint density at radius 3 is 2.23 bits per heavy atom. The summed E-state index contributed by atoms with van der Waals surface area (Å²) in [4.78, 5) is 11.8. The van der Waals surface area contributed by atoms with Crippen molar-refractivity contribution in [3.05, 3.63) is 53.1 Å². The molecule has 0 atom stereocenters. The molecular formula is C20H30O2. The first-order valence-corrected chi connectivity index (χ1v) is 8.14. The van der Waals surface area contributed by atoms with Crippen molar-refractivity contribution in [2.45, 2.75) is 53.9 Å². The number of hydrogen-bond donors (Lipinski definition) is 0. The molecule has 1 rings (SSSR count). The second-order valence-corrected chi connectivity index (χ2v) is 4.87. The molecule has 122 valence electrons. The summed E-state index contributed by atoms with van der Waals surface area (Å²) in [7, 11) is 1.43. The normalized spacial score (nSPS) is 11.5. The SMILES string of the molecule is C/C=C(\C=C(/CCCC)C(=O)OC)c1ccc(C)cc1.CC. The first-order chi connectivity index (χ1) is 10.6. The van der Waals surface area contributed by atoms with Crippen LogP contribution in [0.1, 0.15) is 58.1 Å². The van der Waals surface area contributed by atoms with E-state index in [2.05, 4.69) is 38.1 Å². The van der Waals surface area contributed by atoms with E-state index in [0.717, 1.165) is 36.0 Å². The zero-order chi connectivity index (χ0) is 17.0. The van der Waals surface area contributed by atoms with Gasteiger partial charge < -0.3 is 4.74 Å². The lowest BCUT2D eigenvalue weighted by Crippen LogP contribution is -2.05. The van der Waals surface area contributed by atoms with E-state index in [4.69, 9.17) is 4.74 Å². The maximum Gasteiger partial charge on any atom is 0.333 e. The Morgan fingerprint density at radius 1 is 1.18 bits per heavy atom. The molecule has 2 nitrogen and oxygen atoms in total. The lowest BCUT2D eigenvalue weighted by Gasteiger charge is -2.08. The van der Waals surface area contributed by atoms with Gasteiger partial charge in [-0.15, -0.1) is 0 Å². The fraction of sp³-hybridized carbons (Fsp3) is 0.450. The third kappa shape index (κ3) is 6.75. The average Bonchev–Trinajstić information content (AvgIpc) is 2.57. The van der Waals surface area contributed by atoms with Crippen molar-refractivity contribution in [3.8, 4) is 0 Å². The zero-order valence-electron chi connectivity index (χ0n) is 14.9. The number of ether oxygens (including phenoxy) is 1. The van der Waals surface area contributed by atoms with Crippen molar-refractivity contribution >= 4 is 11.5 Å². The molecule has 0 bridgehead atoms. The smallest absolute Gasteiger partial charge is 0.333 e. The summed E-state index contributed by atoms with van der Waals surface area (Å²) in [5, 5.41) is 0. The summed E-state index contributed by atoms with van der Waals surface area (Å²) in [6.07, 6.45) is 6.79. The molecule has 1 aromatic rings. The molecule has 0 fully saturated rings. The number of aryl methyl sites for hydroxylation is 1. The molecule has 0 aromatic heterocycles. The van der Waals surface area contributed by atoms with Crippen LogP contribution in [0.15, 0.2) is 42.0 Å². The maximum absolute atomic E-state index is 11.8. The van der Waals surface area contributed by atoms with E-state index in [0.29, 0.717) is 0 Å². The standard InChI is InChI=1S/C18H24O2.C2H6/c1-5-7-8-17(18(19)20-4)13-15(6-2)16-11-9-14(3)10-12-16;1-2/h6,9-13H,5,7-8H2,1-4H3;1-2H3/b15-6+,17-13+;. The van der Waals surface area contributed by atoms with Crippen molar-refractivity contribution in [2.75, 3.05) is 7.11 Å². The third-order valence-corrected chi connectivity index (χ3v) is 3.27. The van der Waals surface area contributed by atoms with Crippen LogP contribution in [0, 0.1) is 6.92 Å². The van der Waals surface area contributed by atoms with Gasteiger partial charge >= 0.3 is 5.97 Å². The Kier molecular flexibility index (Phi) is 10.8. The Hall–Kier alpha value is -1.83. The Morgan fingerprint density at radius 2 is 1.77 bits per heavy atom. The maximum atomic E-state index is 11.8. The highest BCUT2D eigenvalue weighted by Gasteiger charge is 2.10. The van der Waals surface area contributed by atoms with E-state index < -0.39 is 0 Å². The van der Waals surface area contributed by atoms with Crippen LogP contribution in [0.4, 0.5) is 0 Å². The first-order valence-electron chi connectivity index (χ1n) is 8.14. The lowest BCUT2D eigenvalue weighted by atomic mass is 9.99. The van der Waals surface area contributed by atoms with Crippen LogP contribution in [-0.2, 0) is 9.53 Å². The van der Waals surface area contributed by atoms with Crippen LogP contribution in [0.3, 0.4) is 0 Å². The van der Waals surface area contributed by atoms with E-state index in [1.165, 1.54) is 12.7 Å². The van der Waals surface area contributed by atoms with Gasteiger partial charge in [0.25, 0.3) is 0 Å². The number of allylic oxidation sites excluding steroid dienone is 3. The first kappa shape index (κ1) is 20.2. The van der Waals surface area contributed by atoms with Gasteiger partial charge in [0, 0.05) is 5.57 Å². The molecule has 0 radical (unpaired) electrons. The van der Waals surface area contributed by atoms with Gasteiger partial charge in [-0.3, -0.25) is 0 Å². The molecule has 0 unspecified atom stereocenters. The molecule has 0 heterocycles. The van der Waals surface area contributed by atoms with E-state index in [-0.39, 0.29) is 5.97 Å². The van der Waals surface area contributed by atoms with Crippen molar-refractivity contribution in [3.63, 3.8) is 0 Å². The molecule has 0 aliphatic carbocycles. The molecule has 2 heteroatoms. The predicted molar refractivity (Wildman–Crippen MR) is 95.8 cm³/mol. The van der Waals surface area contributed by atoms with Gasteiger partial charge in [-0.1, -0.05) is 63.1 Å². The summed E-state index contributed by atoms with van der Waals surface area (Å²) in [6.45, 7) is 10.2. The van der Waals surface area contributed by atoms with Gasteiger partial charge in [-0.25, -0.2) is 4.79 Å². The van der Waals surface area contributed by atoms with Crippen LogP contribution >= 0.6 is 0 Å². The monoisotopic (exact) mass is 302 g/mol. The van der Waals surface area contributed by atoms with E-state index in [1.54, 1.807) is 0 Å². The number of unbranched alkanes of at least 4 members (excludes halogenated alkanes) is 1. The van der Waals surface area contributed by atoms with Crippen molar-refractivity contribution in [1.82, 2.24) is 0 Å². The highest BCUT2D eigenvalue weighted by Crippen LogP contribution is 2.21. The van der Waals surface area contributed by atoms with Crippen molar-refractivity contribution in [2.24, 2.45) is 0 Å². The molecule has 0 aliphatic heterocycles. The zero-order valence-corrected chi connectivity index (χ0v) is 14.9. The number of carbonyl (C=O) groups is 1. The predicted octanol–water partition coefficient (Wildman–Crippen LogP) is 5.71. The van der Waals surface area contributed by atoms with E-state index in [1.807, 2.05) is 32.9 Å². The summed E-state index contributed by atoms with van der Waals surface area (Å²) in [5.41, 5.74) is 4.15. The number of rotatable bonds is 6. The number of esters is 1. The molecule has 0 saturated carbocycles. The fourth-order valence-electron chi connectivity index (χ4n) is 2.00. The second kappa shape index (κ2) is 11.8. The van der Waals surface area contributed by atoms with Gasteiger partial charge in [0.15, 0.2) is 0 Å². The molecular weight excluding hydrogens is 272 g/mol. The largest absolute Gasteiger partial charge is 0.466 e. The molecule has 0 aliphatic rings. The Balaban J connectivity index is 0.00000211. The Bertz CT molecular complexity index is 493. The fourth-order valence-corrected chi connectivity index (χ4v) is 2.00. The van der Waals surface area contributed by atoms with Crippen LogP contribution in [0.25, 0.3) is 5.57 Å². The molecule has 0 amide bonds. The molecule has 0 spiro atoms. The van der Waals surface area contributed by atoms with Crippen molar-refractivity contribution in [1.29, 1.82) is 0 Å². The highest BCUT2D eigenvalue weighted by atomic mass is 16.5. The number of carbonyl (C=O) groups excluding carboxylic acids is 1. The van der Waals surface area contributed by atoms with Gasteiger partial charge in [0.1, 0.15) is 0 Å². The van der Waals surface area contributed by atoms with Crippen LogP contribution < -0.4 is 0 Å². The van der Waals surface area contributed by atoms with Gasteiger partial charge in [0.05, 0.1) is 7.11 Å². The van der Waals surface area contributed by atoms with Crippen LogP contribution in [0.5, 0.6) is 0 Å². The van der Waals surface area contributed by atoms with Gasteiger partial charge in [-0.05, 0) is 43.9 Å². The number of hydrogen-bond acceptors (Lipinski definition) is 2. The Labute approximate surface area is 135 Å². The summed E-state index contributed by atoms with van der Waals surface area (Å²) in [5.74, 6) is -0.232. The molecule has 0 N–H and O–H groups in total. The summed E-state index contributed by atoms with van der Waals surface area (Å²) < 4.78 is 4.88. The number of methoxy groups -OCH3 is 1. The van der Waals surface area contributed by atoms with Crippen LogP contribution in [-0.4, -0.2) is 13.1 Å². The van der Waals surface area contributed by atoms with E-state index >= 15 is 0 Å². The second-order valence-electron chi connectivity index (χ2n) is 4.87.